The first-order valence-electron chi connectivity index (χ1n) is 8.10. The van der Waals surface area contributed by atoms with Crippen LogP contribution in [-0.4, -0.2) is 23.2 Å². The van der Waals surface area contributed by atoms with Crippen molar-refractivity contribution in [2.75, 3.05) is 0 Å². The average Bonchev–Trinajstić information content (AvgIpc) is 3.33. The number of halogens is 2. The maximum absolute atomic E-state index is 13.8. The summed E-state index contributed by atoms with van der Waals surface area (Å²) in [7, 11) is 0. The topological polar surface area (TPSA) is 58.6 Å². The number of benzene rings is 2. The van der Waals surface area contributed by atoms with Crippen molar-refractivity contribution < 1.29 is 23.4 Å². The van der Waals surface area contributed by atoms with E-state index in [1.165, 1.54) is 18.2 Å². The van der Waals surface area contributed by atoms with E-state index in [0.717, 1.165) is 0 Å². The molecule has 0 aromatic heterocycles. The van der Waals surface area contributed by atoms with E-state index in [9.17, 15) is 13.6 Å². The Balaban J connectivity index is 1.58. The van der Waals surface area contributed by atoms with E-state index in [1.807, 2.05) is 0 Å². The van der Waals surface area contributed by atoms with Crippen LogP contribution in [0.1, 0.15) is 30.4 Å². The van der Waals surface area contributed by atoms with Gasteiger partial charge in [0.15, 0.2) is 6.10 Å². The molecule has 2 N–H and O–H groups in total. The molecule has 25 heavy (non-hydrogen) atoms. The molecule has 3 rings (SSSR count). The molecule has 4 nitrogen and oxygen atoms in total. The van der Waals surface area contributed by atoms with Crippen LogP contribution in [0.25, 0.3) is 0 Å². The zero-order chi connectivity index (χ0) is 18.0. The fourth-order valence-electron chi connectivity index (χ4n) is 2.81. The first-order chi connectivity index (χ1) is 12.0. The van der Waals surface area contributed by atoms with Crippen molar-refractivity contribution in [1.29, 1.82) is 0 Å². The van der Waals surface area contributed by atoms with Gasteiger partial charge in [0.25, 0.3) is 5.91 Å². The molecule has 2 aromatic rings. The normalized spacial score (nSPS) is 20.0. The largest absolute Gasteiger partial charge is 0.481 e. The Hall–Kier alpha value is -2.47. The third-order valence-electron chi connectivity index (χ3n) is 4.25. The van der Waals surface area contributed by atoms with E-state index in [-0.39, 0.29) is 30.0 Å². The van der Waals surface area contributed by atoms with Crippen molar-refractivity contribution in [3.05, 3.63) is 65.2 Å². The van der Waals surface area contributed by atoms with Crippen LogP contribution in [0, 0.1) is 11.6 Å². The van der Waals surface area contributed by atoms with Gasteiger partial charge in [-0.1, -0.05) is 18.2 Å². The summed E-state index contributed by atoms with van der Waals surface area (Å²) in [5.41, 5.74) is 0.708. The number of amides is 1. The summed E-state index contributed by atoms with van der Waals surface area (Å²) < 4.78 is 33.1. The average molecular weight is 347 g/mol. The molecular formula is C19H19F2NO3. The Labute approximate surface area is 144 Å². The highest BCUT2D eigenvalue weighted by molar-refractivity contribution is 5.81. The highest BCUT2D eigenvalue weighted by atomic mass is 19.1. The van der Waals surface area contributed by atoms with Gasteiger partial charge >= 0.3 is 0 Å². The highest BCUT2D eigenvalue weighted by Gasteiger charge is 2.43. The molecule has 2 aromatic carbocycles. The van der Waals surface area contributed by atoms with Crippen LogP contribution in [-0.2, 0) is 11.4 Å². The van der Waals surface area contributed by atoms with Gasteiger partial charge in [-0.05, 0) is 43.2 Å². The predicted molar refractivity (Wildman–Crippen MR) is 88.1 cm³/mol. The smallest absolute Gasteiger partial charge is 0.261 e. The molecule has 132 valence electrons. The van der Waals surface area contributed by atoms with E-state index in [4.69, 9.17) is 9.84 Å². The quantitative estimate of drug-likeness (QED) is 0.845. The van der Waals surface area contributed by atoms with Crippen LogP contribution in [0.4, 0.5) is 8.78 Å². The van der Waals surface area contributed by atoms with Crippen molar-refractivity contribution in [2.24, 2.45) is 0 Å². The molecule has 0 spiro atoms. The number of aliphatic hydroxyl groups excluding tert-OH is 1. The maximum Gasteiger partial charge on any atom is 0.261 e. The van der Waals surface area contributed by atoms with Crippen LogP contribution in [0.3, 0.4) is 0 Å². The second-order valence-corrected chi connectivity index (χ2v) is 6.16. The number of rotatable bonds is 6. The van der Waals surface area contributed by atoms with Crippen LogP contribution in [0.15, 0.2) is 42.5 Å². The van der Waals surface area contributed by atoms with Crippen molar-refractivity contribution in [1.82, 2.24) is 5.32 Å². The molecule has 0 heterocycles. The van der Waals surface area contributed by atoms with Gasteiger partial charge in [0.05, 0.1) is 6.61 Å². The summed E-state index contributed by atoms with van der Waals surface area (Å²) in [4.78, 5) is 12.2. The minimum absolute atomic E-state index is 0.0250. The molecule has 1 fully saturated rings. The summed E-state index contributed by atoms with van der Waals surface area (Å²) in [6, 6.07) is 10.3. The summed E-state index contributed by atoms with van der Waals surface area (Å²) in [6.45, 7) is 1.48. The molecule has 0 radical (unpaired) electrons. The molecule has 0 aliphatic heterocycles. The number of hydrogen-bond acceptors (Lipinski definition) is 3. The van der Waals surface area contributed by atoms with Crippen molar-refractivity contribution in [3.8, 4) is 5.75 Å². The molecular weight excluding hydrogens is 328 g/mol. The van der Waals surface area contributed by atoms with Gasteiger partial charge in [0, 0.05) is 17.5 Å². The Morgan fingerprint density at radius 1 is 1.28 bits per heavy atom. The van der Waals surface area contributed by atoms with Crippen molar-refractivity contribution in [2.45, 2.75) is 38.0 Å². The molecule has 0 bridgehead atoms. The summed E-state index contributed by atoms with van der Waals surface area (Å²) in [5, 5.41) is 11.9. The Kier molecular flexibility index (Phi) is 4.99. The lowest BCUT2D eigenvalue weighted by Gasteiger charge is -2.15. The first kappa shape index (κ1) is 17.4. The molecule has 1 aliphatic carbocycles. The number of aliphatic hydroxyl groups is 1. The summed E-state index contributed by atoms with van der Waals surface area (Å²) in [6.07, 6.45) is -0.267. The fraction of sp³-hybridized carbons (Fsp3) is 0.316. The van der Waals surface area contributed by atoms with Crippen molar-refractivity contribution >= 4 is 5.91 Å². The number of ether oxygens (including phenoxy) is 1. The third-order valence-corrected chi connectivity index (χ3v) is 4.25. The van der Waals surface area contributed by atoms with E-state index >= 15 is 0 Å². The predicted octanol–water partition coefficient (Wildman–Crippen LogP) is 2.90. The van der Waals surface area contributed by atoms with Gasteiger partial charge in [-0.3, -0.25) is 4.79 Å². The fourth-order valence-corrected chi connectivity index (χ4v) is 2.81. The number of nitrogens with one attached hydrogen (secondary N) is 1. The van der Waals surface area contributed by atoms with Gasteiger partial charge < -0.3 is 15.2 Å². The minimum atomic E-state index is -0.763. The zero-order valence-electron chi connectivity index (χ0n) is 13.7. The van der Waals surface area contributed by atoms with Crippen LogP contribution >= 0.6 is 0 Å². The molecule has 3 atom stereocenters. The molecule has 1 aliphatic rings. The molecule has 1 amide bonds. The van der Waals surface area contributed by atoms with E-state index in [0.29, 0.717) is 17.7 Å². The lowest BCUT2D eigenvalue weighted by Crippen LogP contribution is -2.38. The van der Waals surface area contributed by atoms with Crippen molar-refractivity contribution in [3.63, 3.8) is 0 Å². The second kappa shape index (κ2) is 7.19. The van der Waals surface area contributed by atoms with Gasteiger partial charge in [0.2, 0.25) is 0 Å². The third kappa shape index (κ3) is 3.96. The van der Waals surface area contributed by atoms with Crippen LogP contribution in [0.2, 0.25) is 0 Å². The van der Waals surface area contributed by atoms with E-state index < -0.39 is 17.7 Å². The Morgan fingerprint density at radius 3 is 2.64 bits per heavy atom. The summed E-state index contributed by atoms with van der Waals surface area (Å²) >= 11 is 0. The van der Waals surface area contributed by atoms with Gasteiger partial charge in [0.1, 0.15) is 17.4 Å². The minimum Gasteiger partial charge on any atom is -0.481 e. The number of hydrogen-bond donors (Lipinski definition) is 2. The van der Waals surface area contributed by atoms with Crippen LogP contribution < -0.4 is 10.1 Å². The lowest BCUT2D eigenvalue weighted by molar-refractivity contribution is -0.127. The number of carbonyl (C=O) groups is 1. The highest BCUT2D eigenvalue weighted by Crippen LogP contribution is 2.43. The van der Waals surface area contributed by atoms with Gasteiger partial charge in [-0.25, -0.2) is 8.78 Å². The Morgan fingerprint density at radius 2 is 1.96 bits per heavy atom. The SMILES string of the molecule is CC(Oc1cccc(CO)c1)C(=O)NC1CC1c1c(F)cccc1F. The molecule has 0 saturated heterocycles. The summed E-state index contributed by atoms with van der Waals surface area (Å²) in [5.74, 6) is -1.41. The zero-order valence-corrected chi connectivity index (χ0v) is 13.7. The van der Waals surface area contributed by atoms with E-state index in [2.05, 4.69) is 5.32 Å². The molecule has 1 saturated carbocycles. The standard InChI is InChI=1S/C19H19F2NO3/c1-11(25-13-5-2-4-12(8-13)10-23)19(24)22-17-9-14(17)18-15(20)6-3-7-16(18)21/h2-8,11,14,17,23H,9-10H2,1H3,(H,22,24). The second-order valence-electron chi connectivity index (χ2n) is 6.16. The maximum atomic E-state index is 13.8. The Bertz CT molecular complexity index is 761. The van der Waals surface area contributed by atoms with E-state index in [1.54, 1.807) is 31.2 Å². The van der Waals surface area contributed by atoms with Gasteiger partial charge in [-0.15, -0.1) is 0 Å². The monoisotopic (exact) mass is 347 g/mol. The molecule has 3 unspecified atom stereocenters. The van der Waals surface area contributed by atoms with Crippen LogP contribution in [0.5, 0.6) is 5.75 Å². The first-order valence-corrected chi connectivity index (χ1v) is 8.10. The number of carbonyl (C=O) groups excluding carboxylic acids is 1. The lowest BCUT2D eigenvalue weighted by atomic mass is 10.1. The van der Waals surface area contributed by atoms with Gasteiger partial charge in [-0.2, -0.15) is 0 Å². The molecule has 6 heteroatoms.